The van der Waals surface area contributed by atoms with E-state index in [1.165, 1.54) is 6.20 Å². The summed E-state index contributed by atoms with van der Waals surface area (Å²) in [6, 6.07) is 5.79. The minimum Gasteiger partial charge on any atom is -0.573 e. The normalized spacial score (nSPS) is 13.5. The summed E-state index contributed by atoms with van der Waals surface area (Å²) in [5.41, 5.74) is 0.330. The molecule has 32 heavy (non-hydrogen) atoms. The number of nitrogens with zero attached hydrogens (tertiary/aromatic N) is 7. The number of rotatable bonds is 2. The quantitative estimate of drug-likeness (QED) is 0.400. The summed E-state index contributed by atoms with van der Waals surface area (Å²) in [5, 5.41) is 6.47. The van der Waals surface area contributed by atoms with Crippen molar-refractivity contribution in [2.75, 3.05) is 11.9 Å². The van der Waals surface area contributed by atoms with E-state index in [2.05, 4.69) is 52.1 Å². The smallest absolute Gasteiger partial charge is 0.431 e. The molecule has 0 N–H and O–H groups in total. The molecule has 0 aromatic carbocycles. The van der Waals surface area contributed by atoms with E-state index >= 15 is 0 Å². The zero-order valence-electron chi connectivity index (χ0n) is 17.8. The van der Waals surface area contributed by atoms with Crippen molar-refractivity contribution in [3.8, 4) is 11.4 Å². The number of aromatic nitrogens is 5. The van der Waals surface area contributed by atoms with E-state index in [4.69, 9.17) is 0 Å². The van der Waals surface area contributed by atoms with Gasteiger partial charge in [0, 0.05) is 38.8 Å². The number of hydrogen-bond acceptors (Lipinski definition) is 6. The first-order valence-corrected chi connectivity index (χ1v) is 9.32. The Labute approximate surface area is 199 Å². The Kier molecular flexibility index (Phi) is 8.17. The van der Waals surface area contributed by atoms with Gasteiger partial charge in [-0.1, -0.05) is 50.6 Å². The molecular formula is C21H21F3N7Pt-3. The summed E-state index contributed by atoms with van der Waals surface area (Å²) in [5.74, 6) is 0.813. The molecule has 0 unspecified atom stereocenters. The minimum atomic E-state index is -4.46. The van der Waals surface area contributed by atoms with E-state index in [1.54, 1.807) is 24.4 Å². The number of hydrogen-bond donors (Lipinski definition) is 0. The van der Waals surface area contributed by atoms with Crippen LogP contribution in [0.1, 0.15) is 32.3 Å². The van der Waals surface area contributed by atoms with Crippen molar-refractivity contribution in [3.05, 3.63) is 73.4 Å². The molecule has 0 aliphatic carbocycles. The van der Waals surface area contributed by atoms with Crippen molar-refractivity contribution in [1.29, 1.82) is 0 Å². The third-order valence-electron chi connectivity index (χ3n) is 4.06. The summed E-state index contributed by atoms with van der Waals surface area (Å²) in [6.07, 6.45) is 5.75. The van der Waals surface area contributed by atoms with E-state index in [9.17, 15) is 13.2 Å². The maximum Gasteiger partial charge on any atom is 0.431 e. The first-order valence-electron chi connectivity index (χ1n) is 9.32. The number of halogens is 3. The van der Waals surface area contributed by atoms with Gasteiger partial charge in [0.1, 0.15) is 5.69 Å². The largest absolute Gasteiger partial charge is 0.573 e. The van der Waals surface area contributed by atoms with Gasteiger partial charge in [-0.15, -0.1) is 0 Å². The molecule has 0 saturated heterocycles. The first-order chi connectivity index (χ1) is 14.5. The second kappa shape index (κ2) is 10.3. The van der Waals surface area contributed by atoms with Gasteiger partial charge in [-0.2, -0.15) is 19.8 Å². The fourth-order valence-electron chi connectivity index (χ4n) is 2.44. The Hall–Kier alpha value is -2.74. The molecule has 0 fully saturated rings. The van der Waals surface area contributed by atoms with Gasteiger partial charge in [-0.25, -0.2) is 0 Å². The molecule has 3 aromatic rings. The second-order valence-electron chi connectivity index (χ2n) is 7.75. The van der Waals surface area contributed by atoms with Gasteiger partial charge in [0.15, 0.2) is 0 Å². The molecule has 0 atom stereocenters. The van der Waals surface area contributed by atoms with Crippen LogP contribution >= 0.6 is 0 Å². The van der Waals surface area contributed by atoms with E-state index in [0.29, 0.717) is 5.69 Å². The Morgan fingerprint density at radius 1 is 1.09 bits per heavy atom. The summed E-state index contributed by atoms with van der Waals surface area (Å²) in [6.45, 7) is 8.22. The molecule has 0 spiro atoms. The Balaban J connectivity index is 0.000000220. The second-order valence-corrected chi connectivity index (χ2v) is 7.75. The Bertz CT molecular complexity index is 1010. The molecule has 1 aliphatic heterocycles. The van der Waals surface area contributed by atoms with Crippen molar-refractivity contribution in [1.82, 2.24) is 30.0 Å². The summed E-state index contributed by atoms with van der Waals surface area (Å²) in [7, 11) is 1.97. The predicted molar refractivity (Wildman–Crippen MR) is 109 cm³/mol. The van der Waals surface area contributed by atoms with Gasteiger partial charge in [0.25, 0.3) is 0 Å². The fraction of sp³-hybridized carbons (Fsp3) is 0.286. The molecule has 3 aromatic heterocycles. The zero-order chi connectivity index (χ0) is 22.6. The van der Waals surface area contributed by atoms with Crippen LogP contribution in [0, 0.1) is 12.9 Å². The maximum absolute atomic E-state index is 12.2. The van der Waals surface area contributed by atoms with Gasteiger partial charge in [0.2, 0.25) is 0 Å². The van der Waals surface area contributed by atoms with Crippen molar-refractivity contribution < 1.29 is 34.2 Å². The fourth-order valence-corrected chi connectivity index (χ4v) is 2.44. The molecule has 11 heteroatoms. The molecular weight excluding hydrogens is 602 g/mol. The molecule has 7 nitrogen and oxygen atoms in total. The SMILES string of the molecule is CN1C=CN(c2[c-]nc(C(C)(C)C)nc2)[CH-]1.FC(F)(F)c1cc(-c2ccccn2)[n-]n1.[Pt]. The molecule has 0 bridgehead atoms. The average Bonchev–Trinajstić information content (AvgIpc) is 3.38. The Morgan fingerprint density at radius 2 is 1.84 bits per heavy atom. The van der Waals surface area contributed by atoms with E-state index in [-0.39, 0.29) is 32.2 Å². The maximum atomic E-state index is 12.2. The Morgan fingerprint density at radius 3 is 2.31 bits per heavy atom. The van der Waals surface area contributed by atoms with E-state index < -0.39 is 11.9 Å². The molecule has 174 valence electrons. The van der Waals surface area contributed by atoms with Crippen LogP contribution in [0.3, 0.4) is 0 Å². The standard InChI is InChI=1S/C12H16N4.C9H5F3N3.Pt/c1-12(2,3)11-13-7-10(8-14-11)16-6-5-15(4)9-16;10-9(11,12)8-5-7(14-15-8)6-3-1-2-4-13-6;/h5-7,9H,1-4H3;1-5H;/q-2;-1;. The van der Waals surface area contributed by atoms with Crippen LogP contribution in [-0.4, -0.2) is 32.0 Å². The molecule has 0 saturated carbocycles. The van der Waals surface area contributed by atoms with Crippen molar-refractivity contribution in [2.24, 2.45) is 0 Å². The third-order valence-corrected chi connectivity index (χ3v) is 4.06. The van der Waals surface area contributed by atoms with Gasteiger partial charge < -0.3 is 30.0 Å². The molecule has 0 amide bonds. The zero-order valence-corrected chi connectivity index (χ0v) is 20.0. The van der Waals surface area contributed by atoms with Crippen LogP contribution in [0.4, 0.5) is 18.9 Å². The van der Waals surface area contributed by atoms with Gasteiger partial charge in [0.05, 0.1) is 0 Å². The summed E-state index contributed by atoms with van der Waals surface area (Å²) >= 11 is 0. The average molecular weight is 624 g/mol. The van der Waals surface area contributed by atoms with Crippen LogP contribution in [0.15, 0.2) is 49.1 Å². The van der Waals surface area contributed by atoms with Crippen molar-refractivity contribution in [2.45, 2.75) is 32.4 Å². The first kappa shape index (κ1) is 25.5. The van der Waals surface area contributed by atoms with Crippen molar-refractivity contribution in [3.63, 3.8) is 0 Å². The predicted octanol–water partition coefficient (Wildman–Crippen LogP) is 4.03. The molecule has 0 radical (unpaired) electrons. The summed E-state index contributed by atoms with van der Waals surface area (Å²) < 4.78 is 36.6. The molecule has 4 rings (SSSR count). The third kappa shape index (κ3) is 6.63. The van der Waals surface area contributed by atoms with E-state index in [0.717, 1.165) is 17.6 Å². The molecule has 1 aliphatic rings. The monoisotopic (exact) mass is 623 g/mol. The molecule has 4 heterocycles. The van der Waals surface area contributed by atoms with Crippen LogP contribution < -0.4 is 10.00 Å². The van der Waals surface area contributed by atoms with E-state index in [1.807, 2.05) is 35.9 Å². The van der Waals surface area contributed by atoms with Gasteiger partial charge in [-0.05, 0) is 43.1 Å². The van der Waals surface area contributed by atoms with Crippen LogP contribution in [0.5, 0.6) is 0 Å². The topological polar surface area (TPSA) is 72.1 Å². The minimum absolute atomic E-state index is 0. The number of pyridine rings is 1. The van der Waals surface area contributed by atoms with Crippen molar-refractivity contribution >= 4 is 5.69 Å². The van der Waals surface area contributed by atoms with Crippen LogP contribution in [-0.2, 0) is 32.7 Å². The summed E-state index contributed by atoms with van der Waals surface area (Å²) in [4.78, 5) is 16.4. The number of alkyl halides is 3. The van der Waals surface area contributed by atoms with Gasteiger partial charge in [-0.3, -0.25) is 4.98 Å². The van der Waals surface area contributed by atoms with Gasteiger partial charge >= 0.3 is 6.18 Å². The van der Waals surface area contributed by atoms with Crippen LogP contribution in [0.2, 0.25) is 0 Å². The van der Waals surface area contributed by atoms with Crippen LogP contribution in [0.25, 0.3) is 11.4 Å². The number of anilines is 1.